The Morgan fingerprint density at radius 2 is 1.94 bits per heavy atom. The molecule has 1 amide bonds. The van der Waals surface area contributed by atoms with Crippen LogP contribution in [0.15, 0.2) is 0 Å². The molecule has 1 aliphatic heterocycles. The van der Waals surface area contributed by atoms with Gasteiger partial charge in [-0.05, 0) is 32.6 Å². The van der Waals surface area contributed by atoms with E-state index in [2.05, 4.69) is 0 Å². The van der Waals surface area contributed by atoms with Gasteiger partial charge in [-0.3, -0.25) is 9.59 Å². The summed E-state index contributed by atoms with van der Waals surface area (Å²) < 4.78 is 4.99. The number of esters is 1. The van der Waals surface area contributed by atoms with Crippen LogP contribution in [0.5, 0.6) is 0 Å². The van der Waals surface area contributed by atoms with Crippen LogP contribution < -0.4 is 5.73 Å². The molecule has 0 spiro atoms. The summed E-state index contributed by atoms with van der Waals surface area (Å²) in [6.45, 7) is 3.48. The first-order valence-electron chi connectivity index (χ1n) is 6.32. The molecule has 5 heteroatoms. The summed E-state index contributed by atoms with van der Waals surface area (Å²) >= 11 is 0. The standard InChI is InChI=1S/C12H20N2O3/c1-2-17-10(15)9-3-7-14(8-4-9)11(16)12(13)5-6-12/h9H,2-8,13H2,1H3. The Labute approximate surface area is 101 Å². The van der Waals surface area contributed by atoms with E-state index in [1.54, 1.807) is 4.90 Å². The summed E-state index contributed by atoms with van der Waals surface area (Å²) in [5.41, 5.74) is 5.29. The number of carbonyl (C=O) groups excluding carboxylic acids is 2. The minimum atomic E-state index is -0.587. The number of likely N-dealkylation sites (tertiary alicyclic amines) is 1. The van der Waals surface area contributed by atoms with Gasteiger partial charge in [-0.1, -0.05) is 0 Å². The van der Waals surface area contributed by atoms with E-state index < -0.39 is 5.54 Å². The molecule has 2 aliphatic rings. The maximum absolute atomic E-state index is 12.0. The number of hydrogen-bond donors (Lipinski definition) is 1. The van der Waals surface area contributed by atoms with Crippen LogP contribution in [0.3, 0.4) is 0 Å². The molecule has 2 fully saturated rings. The second kappa shape index (κ2) is 4.64. The smallest absolute Gasteiger partial charge is 0.309 e. The molecule has 0 atom stereocenters. The Morgan fingerprint density at radius 1 is 1.35 bits per heavy atom. The first kappa shape index (κ1) is 12.4. The molecule has 2 N–H and O–H groups in total. The minimum absolute atomic E-state index is 0.0491. The van der Waals surface area contributed by atoms with E-state index in [1.807, 2.05) is 6.92 Å². The van der Waals surface area contributed by atoms with E-state index in [-0.39, 0.29) is 17.8 Å². The average molecular weight is 240 g/mol. The zero-order chi connectivity index (χ0) is 12.5. The molecule has 0 radical (unpaired) electrons. The molecule has 0 aromatic carbocycles. The number of ether oxygens (including phenoxy) is 1. The van der Waals surface area contributed by atoms with Crippen LogP contribution in [0.1, 0.15) is 32.6 Å². The van der Waals surface area contributed by atoms with Gasteiger partial charge in [0.15, 0.2) is 0 Å². The molecule has 5 nitrogen and oxygen atoms in total. The maximum atomic E-state index is 12.0. The summed E-state index contributed by atoms with van der Waals surface area (Å²) in [5.74, 6) is -0.125. The largest absolute Gasteiger partial charge is 0.466 e. The highest BCUT2D eigenvalue weighted by molar-refractivity contribution is 5.89. The van der Waals surface area contributed by atoms with Crippen molar-refractivity contribution < 1.29 is 14.3 Å². The molecule has 1 aliphatic carbocycles. The van der Waals surface area contributed by atoms with Crippen molar-refractivity contribution >= 4 is 11.9 Å². The summed E-state index contributed by atoms with van der Waals surface area (Å²) in [6, 6.07) is 0. The van der Waals surface area contributed by atoms with Crippen molar-refractivity contribution in [2.24, 2.45) is 11.7 Å². The lowest BCUT2D eigenvalue weighted by molar-refractivity contribution is -0.151. The molecule has 0 bridgehead atoms. The van der Waals surface area contributed by atoms with Gasteiger partial charge in [0.1, 0.15) is 0 Å². The van der Waals surface area contributed by atoms with Gasteiger partial charge >= 0.3 is 5.97 Å². The molecule has 0 aromatic rings. The Hall–Kier alpha value is -1.10. The molecule has 0 aromatic heterocycles. The van der Waals surface area contributed by atoms with Gasteiger partial charge in [-0.25, -0.2) is 0 Å². The fraction of sp³-hybridized carbons (Fsp3) is 0.833. The third kappa shape index (κ3) is 2.60. The summed E-state index contributed by atoms with van der Waals surface area (Å²) in [6.07, 6.45) is 2.98. The number of nitrogens with zero attached hydrogens (tertiary/aromatic N) is 1. The first-order chi connectivity index (χ1) is 8.07. The zero-order valence-corrected chi connectivity index (χ0v) is 10.3. The van der Waals surface area contributed by atoms with E-state index in [0.717, 1.165) is 12.8 Å². The van der Waals surface area contributed by atoms with E-state index >= 15 is 0 Å². The van der Waals surface area contributed by atoms with Crippen molar-refractivity contribution in [1.82, 2.24) is 4.90 Å². The Bertz CT molecular complexity index is 318. The molecule has 17 heavy (non-hydrogen) atoms. The second-order valence-corrected chi connectivity index (χ2v) is 4.97. The number of piperidine rings is 1. The van der Waals surface area contributed by atoms with Crippen molar-refractivity contribution in [2.45, 2.75) is 38.1 Å². The third-order valence-corrected chi connectivity index (χ3v) is 3.62. The van der Waals surface area contributed by atoms with Crippen LogP contribution in [-0.2, 0) is 14.3 Å². The second-order valence-electron chi connectivity index (χ2n) is 4.97. The summed E-state index contributed by atoms with van der Waals surface area (Å²) in [7, 11) is 0. The maximum Gasteiger partial charge on any atom is 0.309 e. The fourth-order valence-electron chi connectivity index (χ4n) is 2.24. The monoisotopic (exact) mass is 240 g/mol. The van der Waals surface area contributed by atoms with Crippen molar-refractivity contribution in [3.63, 3.8) is 0 Å². The predicted octanol–water partition coefficient (Wildman–Crippen LogP) is 0.279. The van der Waals surface area contributed by atoms with Crippen molar-refractivity contribution in [3.8, 4) is 0 Å². The highest BCUT2D eigenvalue weighted by atomic mass is 16.5. The molecule has 0 unspecified atom stereocenters. The SMILES string of the molecule is CCOC(=O)C1CCN(C(=O)C2(N)CC2)CC1. The predicted molar refractivity (Wildman–Crippen MR) is 62.1 cm³/mol. The molecule has 2 rings (SSSR count). The molecule has 1 saturated carbocycles. The zero-order valence-electron chi connectivity index (χ0n) is 10.3. The lowest BCUT2D eigenvalue weighted by Gasteiger charge is -2.32. The quantitative estimate of drug-likeness (QED) is 0.719. The number of amides is 1. The van der Waals surface area contributed by atoms with E-state index in [4.69, 9.17) is 10.5 Å². The normalized spacial score (nSPS) is 23.3. The number of carbonyl (C=O) groups is 2. The fourth-order valence-corrected chi connectivity index (χ4v) is 2.24. The Balaban J connectivity index is 1.82. The number of hydrogen-bond acceptors (Lipinski definition) is 4. The van der Waals surface area contributed by atoms with Gasteiger partial charge in [0, 0.05) is 13.1 Å². The highest BCUT2D eigenvalue weighted by Crippen LogP contribution is 2.35. The van der Waals surface area contributed by atoms with Gasteiger partial charge < -0.3 is 15.4 Å². The molecule has 1 saturated heterocycles. The van der Waals surface area contributed by atoms with Crippen LogP contribution in [0.25, 0.3) is 0 Å². The first-order valence-corrected chi connectivity index (χ1v) is 6.32. The minimum Gasteiger partial charge on any atom is -0.466 e. The molecular formula is C12H20N2O3. The van der Waals surface area contributed by atoms with Crippen molar-refractivity contribution in [1.29, 1.82) is 0 Å². The van der Waals surface area contributed by atoms with Crippen LogP contribution in [-0.4, -0.2) is 42.0 Å². The van der Waals surface area contributed by atoms with Crippen LogP contribution in [0.4, 0.5) is 0 Å². The van der Waals surface area contributed by atoms with Gasteiger partial charge in [0.05, 0.1) is 18.1 Å². The van der Waals surface area contributed by atoms with Crippen LogP contribution in [0.2, 0.25) is 0 Å². The van der Waals surface area contributed by atoms with Gasteiger partial charge in [-0.2, -0.15) is 0 Å². The molecule has 96 valence electrons. The van der Waals surface area contributed by atoms with Crippen LogP contribution >= 0.6 is 0 Å². The topological polar surface area (TPSA) is 72.6 Å². The van der Waals surface area contributed by atoms with Gasteiger partial charge in [0.25, 0.3) is 0 Å². The van der Waals surface area contributed by atoms with Crippen molar-refractivity contribution in [2.75, 3.05) is 19.7 Å². The highest BCUT2D eigenvalue weighted by Gasteiger charge is 2.48. The van der Waals surface area contributed by atoms with Crippen LogP contribution in [0, 0.1) is 5.92 Å². The number of rotatable bonds is 3. The third-order valence-electron chi connectivity index (χ3n) is 3.62. The van der Waals surface area contributed by atoms with Gasteiger partial charge in [0.2, 0.25) is 5.91 Å². The lowest BCUT2D eigenvalue weighted by Crippen LogP contribution is -2.49. The van der Waals surface area contributed by atoms with Gasteiger partial charge in [-0.15, -0.1) is 0 Å². The van der Waals surface area contributed by atoms with E-state index in [1.165, 1.54) is 0 Å². The Kier molecular flexibility index (Phi) is 3.38. The lowest BCUT2D eigenvalue weighted by atomic mass is 9.96. The average Bonchev–Trinajstić information content (AvgIpc) is 3.08. The molecular weight excluding hydrogens is 220 g/mol. The van der Waals surface area contributed by atoms with Crippen molar-refractivity contribution in [3.05, 3.63) is 0 Å². The molecule has 1 heterocycles. The number of nitrogens with two attached hydrogens (primary N) is 1. The van der Waals surface area contributed by atoms with E-state index in [0.29, 0.717) is 32.5 Å². The summed E-state index contributed by atoms with van der Waals surface area (Å²) in [4.78, 5) is 25.3. The summed E-state index contributed by atoms with van der Waals surface area (Å²) in [5, 5.41) is 0. The van der Waals surface area contributed by atoms with E-state index in [9.17, 15) is 9.59 Å². The Morgan fingerprint density at radius 3 is 2.41 bits per heavy atom.